The first-order valence-corrected chi connectivity index (χ1v) is 3.26. The fourth-order valence-corrected chi connectivity index (χ4v) is 0.695. The van der Waals surface area contributed by atoms with E-state index in [1.807, 2.05) is 4.84 Å². The molecule has 64 valence electrons. The molecule has 0 rings (SSSR count). The Labute approximate surface area is 68.1 Å². The second kappa shape index (κ2) is 4.92. The van der Waals surface area contributed by atoms with Gasteiger partial charge in [-0.15, -0.1) is 0 Å². The number of halogens is 1. The van der Waals surface area contributed by atoms with Gasteiger partial charge >= 0.3 is 11.9 Å². The average molecular weight is 182 g/mol. The summed E-state index contributed by atoms with van der Waals surface area (Å²) >= 11 is 5.02. The second-order valence-electron chi connectivity index (χ2n) is 1.93. The summed E-state index contributed by atoms with van der Waals surface area (Å²) in [4.78, 5) is 22.1. The summed E-state index contributed by atoms with van der Waals surface area (Å²) in [5, 5.41) is 16.5. The SMILES string of the molecule is O=C(O)CCC(NCl)C(=O)O. The first-order valence-electron chi connectivity index (χ1n) is 2.88. The number of aliphatic carboxylic acids is 2. The van der Waals surface area contributed by atoms with Crippen LogP contribution in [-0.2, 0) is 9.59 Å². The van der Waals surface area contributed by atoms with Gasteiger partial charge < -0.3 is 10.2 Å². The topological polar surface area (TPSA) is 86.6 Å². The molecule has 3 N–H and O–H groups in total. The molecule has 0 aromatic heterocycles. The van der Waals surface area contributed by atoms with E-state index in [4.69, 9.17) is 22.0 Å². The minimum atomic E-state index is -1.15. The number of nitrogens with one attached hydrogen (secondary N) is 1. The van der Waals surface area contributed by atoms with Crippen LogP contribution in [0.15, 0.2) is 0 Å². The Morgan fingerprint density at radius 3 is 2.27 bits per heavy atom. The molecular formula is C5H8ClNO4. The number of rotatable bonds is 5. The van der Waals surface area contributed by atoms with Gasteiger partial charge in [0.1, 0.15) is 6.04 Å². The molecule has 0 amide bonds. The Hall–Kier alpha value is -0.810. The maximum atomic E-state index is 10.2. The van der Waals surface area contributed by atoms with Gasteiger partial charge in [0, 0.05) is 6.42 Å². The monoisotopic (exact) mass is 181 g/mol. The first-order chi connectivity index (χ1) is 5.07. The van der Waals surface area contributed by atoms with Crippen molar-refractivity contribution in [2.75, 3.05) is 0 Å². The van der Waals surface area contributed by atoms with Crippen LogP contribution < -0.4 is 4.84 Å². The maximum Gasteiger partial charge on any atom is 0.321 e. The van der Waals surface area contributed by atoms with Crippen molar-refractivity contribution in [3.8, 4) is 0 Å². The summed E-state index contributed by atoms with van der Waals surface area (Å²) in [5.74, 6) is -2.19. The molecule has 11 heavy (non-hydrogen) atoms. The third-order valence-electron chi connectivity index (χ3n) is 1.08. The molecule has 1 unspecified atom stereocenters. The van der Waals surface area contributed by atoms with Gasteiger partial charge in [-0.1, -0.05) is 0 Å². The van der Waals surface area contributed by atoms with Crippen molar-refractivity contribution in [1.29, 1.82) is 0 Å². The fourth-order valence-electron chi connectivity index (χ4n) is 0.493. The molecule has 0 aromatic carbocycles. The molecule has 0 radical (unpaired) electrons. The summed E-state index contributed by atoms with van der Waals surface area (Å²) in [6, 6.07) is -0.993. The summed E-state index contributed by atoms with van der Waals surface area (Å²) in [5.41, 5.74) is 0. The zero-order valence-corrected chi connectivity index (χ0v) is 6.34. The van der Waals surface area contributed by atoms with E-state index in [1.54, 1.807) is 0 Å². The smallest absolute Gasteiger partial charge is 0.321 e. The molecule has 6 heteroatoms. The molecule has 0 bridgehead atoms. The highest BCUT2D eigenvalue weighted by Crippen LogP contribution is 1.98. The van der Waals surface area contributed by atoms with Crippen LogP contribution in [0.1, 0.15) is 12.8 Å². The third kappa shape index (κ3) is 4.58. The molecule has 0 saturated carbocycles. The molecule has 0 fully saturated rings. The summed E-state index contributed by atoms with van der Waals surface area (Å²) in [7, 11) is 0. The maximum absolute atomic E-state index is 10.2. The van der Waals surface area contributed by atoms with Crippen molar-refractivity contribution < 1.29 is 19.8 Å². The van der Waals surface area contributed by atoms with Crippen LogP contribution in [0, 0.1) is 0 Å². The lowest BCUT2D eigenvalue weighted by Crippen LogP contribution is -2.30. The van der Waals surface area contributed by atoms with Gasteiger partial charge in [-0.25, -0.2) is 4.84 Å². The van der Waals surface area contributed by atoms with E-state index in [2.05, 4.69) is 0 Å². The third-order valence-corrected chi connectivity index (χ3v) is 1.34. The quantitative estimate of drug-likeness (QED) is 0.522. The van der Waals surface area contributed by atoms with E-state index in [0.717, 1.165) is 0 Å². The molecular weight excluding hydrogens is 174 g/mol. The lowest BCUT2D eigenvalue weighted by atomic mass is 10.2. The van der Waals surface area contributed by atoms with Crippen molar-refractivity contribution >= 4 is 23.7 Å². The van der Waals surface area contributed by atoms with Crippen LogP contribution in [-0.4, -0.2) is 28.2 Å². The van der Waals surface area contributed by atoms with Crippen molar-refractivity contribution in [2.24, 2.45) is 0 Å². The second-order valence-corrected chi connectivity index (χ2v) is 2.15. The summed E-state index contributed by atoms with van der Waals surface area (Å²) in [6.07, 6.45) is -0.231. The van der Waals surface area contributed by atoms with Gasteiger partial charge in [-0.05, 0) is 18.2 Å². The molecule has 0 aliphatic heterocycles. The van der Waals surface area contributed by atoms with Gasteiger partial charge in [0.25, 0.3) is 0 Å². The van der Waals surface area contributed by atoms with Crippen molar-refractivity contribution in [1.82, 2.24) is 4.84 Å². The standard InChI is InChI=1S/C5H8ClNO4/c6-7-3(5(10)11)1-2-4(8)9/h3,7H,1-2H2,(H,8,9)(H,10,11). The Morgan fingerprint density at radius 2 is 2.00 bits per heavy atom. The predicted octanol–water partition coefficient (Wildman–Crippen LogP) is 0.0478. The van der Waals surface area contributed by atoms with Gasteiger partial charge in [-0.3, -0.25) is 9.59 Å². The van der Waals surface area contributed by atoms with Crippen LogP contribution in [0.2, 0.25) is 0 Å². The predicted molar refractivity (Wildman–Crippen MR) is 37.3 cm³/mol. The molecule has 0 aliphatic rings. The molecule has 0 heterocycles. The zero-order chi connectivity index (χ0) is 8.85. The highest BCUT2D eigenvalue weighted by atomic mass is 35.5. The summed E-state index contributed by atoms with van der Waals surface area (Å²) in [6.45, 7) is 0. The van der Waals surface area contributed by atoms with Crippen molar-refractivity contribution in [3.05, 3.63) is 0 Å². The lowest BCUT2D eigenvalue weighted by Gasteiger charge is -2.05. The number of hydrogen-bond acceptors (Lipinski definition) is 3. The van der Waals surface area contributed by atoms with Gasteiger partial charge in [-0.2, -0.15) is 0 Å². The largest absolute Gasteiger partial charge is 0.481 e. The van der Waals surface area contributed by atoms with E-state index in [0.29, 0.717) is 0 Å². The number of carboxylic acids is 2. The molecule has 0 aromatic rings. The van der Waals surface area contributed by atoms with E-state index in [-0.39, 0.29) is 12.8 Å². The van der Waals surface area contributed by atoms with Crippen LogP contribution in [0.3, 0.4) is 0 Å². The lowest BCUT2D eigenvalue weighted by molar-refractivity contribution is -0.140. The molecule has 5 nitrogen and oxygen atoms in total. The fraction of sp³-hybridized carbons (Fsp3) is 0.600. The molecule has 0 spiro atoms. The molecule has 1 atom stereocenters. The van der Waals surface area contributed by atoms with Crippen LogP contribution in [0.4, 0.5) is 0 Å². The number of carboxylic acid groups (broad SMARTS) is 2. The normalized spacial score (nSPS) is 12.5. The minimum absolute atomic E-state index is 0.0197. The highest BCUT2D eigenvalue weighted by molar-refractivity contribution is 6.14. The zero-order valence-electron chi connectivity index (χ0n) is 5.58. The molecule has 0 aliphatic carbocycles. The highest BCUT2D eigenvalue weighted by Gasteiger charge is 2.16. The van der Waals surface area contributed by atoms with Gasteiger partial charge in [0.05, 0.1) is 0 Å². The van der Waals surface area contributed by atoms with Crippen molar-refractivity contribution in [2.45, 2.75) is 18.9 Å². The summed E-state index contributed by atoms with van der Waals surface area (Å²) < 4.78 is 0. The number of hydrogen-bond donors (Lipinski definition) is 3. The van der Waals surface area contributed by atoms with Crippen molar-refractivity contribution in [3.63, 3.8) is 0 Å². The van der Waals surface area contributed by atoms with E-state index in [1.165, 1.54) is 0 Å². The van der Waals surface area contributed by atoms with E-state index >= 15 is 0 Å². The van der Waals surface area contributed by atoms with E-state index < -0.39 is 18.0 Å². The van der Waals surface area contributed by atoms with Crippen LogP contribution in [0.25, 0.3) is 0 Å². The van der Waals surface area contributed by atoms with Crippen LogP contribution in [0.5, 0.6) is 0 Å². The Balaban J connectivity index is 3.70. The van der Waals surface area contributed by atoms with Crippen LogP contribution >= 0.6 is 11.8 Å². The van der Waals surface area contributed by atoms with E-state index in [9.17, 15) is 9.59 Å². The number of carbonyl (C=O) groups is 2. The van der Waals surface area contributed by atoms with Gasteiger partial charge in [0.2, 0.25) is 0 Å². The Kier molecular flexibility index (Phi) is 4.56. The Morgan fingerprint density at radius 1 is 1.45 bits per heavy atom. The first kappa shape index (κ1) is 10.2. The Bertz CT molecular complexity index is 161. The minimum Gasteiger partial charge on any atom is -0.481 e. The molecule has 0 saturated heterocycles. The average Bonchev–Trinajstić information content (AvgIpc) is 1.87. The van der Waals surface area contributed by atoms with Gasteiger partial charge in [0.15, 0.2) is 0 Å².